The van der Waals surface area contributed by atoms with E-state index in [-0.39, 0.29) is 0 Å². The average Bonchev–Trinajstić information content (AvgIpc) is 2.35. The zero-order valence-electron chi connectivity index (χ0n) is 10.3. The highest BCUT2D eigenvalue weighted by Gasteiger charge is 2.15. The Kier molecular flexibility index (Phi) is 3.83. The van der Waals surface area contributed by atoms with Gasteiger partial charge in [0.1, 0.15) is 0 Å². The first-order chi connectivity index (χ1) is 7.83. The molecule has 1 unspecified atom stereocenters. The van der Waals surface area contributed by atoms with Crippen LogP contribution >= 0.6 is 0 Å². The Labute approximate surface area is 98.0 Å². The van der Waals surface area contributed by atoms with Gasteiger partial charge in [-0.05, 0) is 36.3 Å². The molecule has 2 rings (SSSR count). The molecule has 16 heavy (non-hydrogen) atoms. The Balaban J connectivity index is 2.19. The standard InChI is InChI=1S/C14H21NO/c1-11(8-10-16-2)13-7-3-5-12-6-4-9-15-14(12)13/h3,5,7,11,15H,4,6,8-10H2,1-2H3. The van der Waals surface area contributed by atoms with E-state index in [0.29, 0.717) is 5.92 Å². The number of hydrogen-bond donors (Lipinski definition) is 1. The number of benzene rings is 1. The fourth-order valence-corrected chi connectivity index (χ4v) is 2.40. The van der Waals surface area contributed by atoms with Gasteiger partial charge in [0.15, 0.2) is 0 Å². The lowest BCUT2D eigenvalue weighted by molar-refractivity contribution is 0.189. The van der Waals surface area contributed by atoms with Gasteiger partial charge in [-0.1, -0.05) is 25.1 Å². The van der Waals surface area contributed by atoms with Crippen molar-refractivity contribution in [1.82, 2.24) is 0 Å². The van der Waals surface area contributed by atoms with Crippen molar-refractivity contribution in [3.05, 3.63) is 29.3 Å². The van der Waals surface area contributed by atoms with Crippen molar-refractivity contribution in [2.75, 3.05) is 25.6 Å². The molecule has 0 saturated carbocycles. The minimum Gasteiger partial charge on any atom is -0.385 e. The lowest BCUT2D eigenvalue weighted by Gasteiger charge is -2.24. The highest BCUT2D eigenvalue weighted by Crippen LogP contribution is 2.32. The molecule has 0 saturated heterocycles. The number of fused-ring (bicyclic) bond motifs is 1. The van der Waals surface area contributed by atoms with Gasteiger partial charge >= 0.3 is 0 Å². The van der Waals surface area contributed by atoms with Crippen molar-refractivity contribution in [2.24, 2.45) is 0 Å². The summed E-state index contributed by atoms with van der Waals surface area (Å²) in [5.74, 6) is 0.570. The smallest absolute Gasteiger partial charge is 0.0468 e. The molecule has 1 aliphatic rings. The van der Waals surface area contributed by atoms with Crippen LogP contribution in [0.2, 0.25) is 0 Å². The summed E-state index contributed by atoms with van der Waals surface area (Å²) in [4.78, 5) is 0. The van der Waals surface area contributed by atoms with E-state index in [4.69, 9.17) is 4.74 Å². The molecule has 1 aliphatic heterocycles. The van der Waals surface area contributed by atoms with Crippen molar-refractivity contribution in [1.29, 1.82) is 0 Å². The van der Waals surface area contributed by atoms with E-state index in [9.17, 15) is 0 Å². The average molecular weight is 219 g/mol. The van der Waals surface area contributed by atoms with Crippen LogP contribution in [0.3, 0.4) is 0 Å². The fraction of sp³-hybridized carbons (Fsp3) is 0.571. The number of hydrogen-bond acceptors (Lipinski definition) is 2. The molecular weight excluding hydrogens is 198 g/mol. The largest absolute Gasteiger partial charge is 0.385 e. The van der Waals surface area contributed by atoms with Crippen LogP contribution in [-0.4, -0.2) is 20.3 Å². The van der Waals surface area contributed by atoms with E-state index in [1.807, 2.05) is 0 Å². The lowest BCUT2D eigenvalue weighted by Crippen LogP contribution is -2.15. The molecule has 0 aromatic heterocycles. The first kappa shape index (κ1) is 11.5. The van der Waals surface area contributed by atoms with Crippen molar-refractivity contribution in [2.45, 2.75) is 32.1 Å². The molecule has 88 valence electrons. The van der Waals surface area contributed by atoms with Crippen LogP contribution in [0.1, 0.15) is 36.8 Å². The predicted octanol–water partition coefficient (Wildman–Crippen LogP) is 3.18. The molecule has 0 amide bonds. The third-order valence-corrected chi connectivity index (χ3v) is 3.39. The number of nitrogens with one attached hydrogen (secondary N) is 1. The normalized spacial score (nSPS) is 16.4. The van der Waals surface area contributed by atoms with Crippen LogP contribution in [0, 0.1) is 0 Å². The summed E-state index contributed by atoms with van der Waals surface area (Å²) in [6, 6.07) is 6.68. The molecule has 1 N–H and O–H groups in total. The molecule has 0 aliphatic carbocycles. The van der Waals surface area contributed by atoms with Gasteiger partial charge in [-0.3, -0.25) is 0 Å². The number of aryl methyl sites for hydroxylation is 1. The summed E-state index contributed by atoms with van der Waals surface area (Å²) >= 11 is 0. The Hall–Kier alpha value is -1.02. The quantitative estimate of drug-likeness (QED) is 0.839. The second kappa shape index (κ2) is 5.35. The molecule has 0 spiro atoms. The lowest BCUT2D eigenvalue weighted by atomic mass is 9.91. The second-order valence-corrected chi connectivity index (χ2v) is 4.59. The predicted molar refractivity (Wildman–Crippen MR) is 68.2 cm³/mol. The summed E-state index contributed by atoms with van der Waals surface area (Å²) in [6.45, 7) is 4.23. The highest BCUT2D eigenvalue weighted by atomic mass is 16.5. The van der Waals surface area contributed by atoms with E-state index in [1.54, 1.807) is 7.11 Å². The number of anilines is 1. The number of para-hydroxylation sites is 1. The van der Waals surface area contributed by atoms with Gasteiger partial charge in [0.25, 0.3) is 0 Å². The molecule has 1 aromatic rings. The molecule has 1 aromatic carbocycles. The van der Waals surface area contributed by atoms with Crippen molar-refractivity contribution in [3.8, 4) is 0 Å². The van der Waals surface area contributed by atoms with Gasteiger partial charge in [0, 0.05) is 25.9 Å². The number of rotatable bonds is 4. The molecule has 0 bridgehead atoms. The monoisotopic (exact) mass is 219 g/mol. The van der Waals surface area contributed by atoms with Gasteiger partial charge in [0.05, 0.1) is 0 Å². The van der Waals surface area contributed by atoms with Crippen LogP contribution in [0.25, 0.3) is 0 Å². The first-order valence-corrected chi connectivity index (χ1v) is 6.17. The minimum absolute atomic E-state index is 0.570. The Bertz CT molecular complexity index is 349. The molecule has 0 fully saturated rings. The molecule has 1 heterocycles. The van der Waals surface area contributed by atoms with Crippen molar-refractivity contribution >= 4 is 5.69 Å². The van der Waals surface area contributed by atoms with E-state index in [1.165, 1.54) is 29.7 Å². The van der Waals surface area contributed by atoms with Crippen LogP contribution in [0.5, 0.6) is 0 Å². The topological polar surface area (TPSA) is 21.3 Å². The van der Waals surface area contributed by atoms with E-state index in [0.717, 1.165) is 19.6 Å². The summed E-state index contributed by atoms with van der Waals surface area (Å²) in [5, 5.41) is 3.55. The maximum Gasteiger partial charge on any atom is 0.0468 e. The molecule has 2 nitrogen and oxygen atoms in total. The summed E-state index contributed by atoms with van der Waals surface area (Å²) < 4.78 is 5.16. The molecule has 2 heteroatoms. The molecule has 0 radical (unpaired) electrons. The third kappa shape index (κ3) is 2.38. The van der Waals surface area contributed by atoms with Gasteiger partial charge in [0.2, 0.25) is 0 Å². The second-order valence-electron chi connectivity index (χ2n) is 4.59. The highest BCUT2D eigenvalue weighted by molar-refractivity contribution is 5.60. The van der Waals surface area contributed by atoms with E-state index in [2.05, 4.69) is 30.4 Å². The Morgan fingerprint density at radius 1 is 1.44 bits per heavy atom. The Morgan fingerprint density at radius 2 is 2.31 bits per heavy atom. The minimum atomic E-state index is 0.570. The van der Waals surface area contributed by atoms with Crippen LogP contribution in [-0.2, 0) is 11.2 Å². The third-order valence-electron chi connectivity index (χ3n) is 3.39. The molecular formula is C14H21NO. The van der Waals surface area contributed by atoms with Gasteiger partial charge in [-0.2, -0.15) is 0 Å². The number of methoxy groups -OCH3 is 1. The Morgan fingerprint density at radius 3 is 3.12 bits per heavy atom. The number of ether oxygens (including phenoxy) is 1. The van der Waals surface area contributed by atoms with Crippen LogP contribution in [0.4, 0.5) is 5.69 Å². The zero-order valence-corrected chi connectivity index (χ0v) is 10.3. The summed E-state index contributed by atoms with van der Waals surface area (Å²) in [5.41, 5.74) is 4.32. The van der Waals surface area contributed by atoms with Crippen LogP contribution < -0.4 is 5.32 Å². The molecule has 1 atom stereocenters. The fourth-order valence-electron chi connectivity index (χ4n) is 2.40. The maximum atomic E-state index is 5.16. The summed E-state index contributed by atoms with van der Waals surface area (Å²) in [6.07, 6.45) is 3.56. The zero-order chi connectivity index (χ0) is 11.4. The van der Waals surface area contributed by atoms with E-state index >= 15 is 0 Å². The van der Waals surface area contributed by atoms with Gasteiger partial charge < -0.3 is 10.1 Å². The van der Waals surface area contributed by atoms with E-state index < -0.39 is 0 Å². The maximum absolute atomic E-state index is 5.16. The SMILES string of the molecule is COCCC(C)c1cccc2c1NCCC2. The van der Waals surface area contributed by atoms with Gasteiger partial charge in [-0.25, -0.2) is 0 Å². The van der Waals surface area contributed by atoms with Crippen molar-refractivity contribution < 1.29 is 4.74 Å². The van der Waals surface area contributed by atoms with Crippen molar-refractivity contribution in [3.63, 3.8) is 0 Å². The first-order valence-electron chi connectivity index (χ1n) is 6.17. The van der Waals surface area contributed by atoms with Crippen LogP contribution in [0.15, 0.2) is 18.2 Å². The van der Waals surface area contributed by atoms with Gasteiger partial charge in [-0.15, -0.1) is 0 Å². The summed E-state index contributed by atoms with van der Waals surface area (Å²) in [7, 11) is 1.77.